The number of carbonyl (C=O) groups is 7. The lowest BCUT2D eigenvalue weighted by Gasteiger charge is -2.21. The summed E-state index contributed by atoms with van der Waals surface area (Å²) in [4.78, 5) is 82.8. The molecule has 19 heteroatoms. The van der Waals surface area contributed by atoms with Crippen LogP contribution in [0.15, 0.2) is 0 Å². The second-order valence-electron chi connectivity index (χ2n) is 7.97. The van der Waals surface area contributed by atoms with Crippen LogP contribution >= 0.6 is 21.6 Å². The number of hydrogen-bond donors (Lipinski definition) is 7. The molecule has 0 aromatic carbocycles. The van der Waals surface area contributed by atoms with Gasteiger partial charge in [-0.1, -0.05) is 21.6 Å². The fourth-order valence-electron chi connectivity index (χ4n) is 2.56. The van der Waals surface area contributed by atoms with E-state index >= 15 is 0 Å². The van der Waals surface area contributed by atoms with Crippen LogP contribution in [0, 0.1) is 0 Å². The molecule has 39 heavy (non-hydrogen) atoms. The molecule has 0 fully saturated rings. The molecule has 0 spiro atoms. The van der Waals surface area contributed by atoms with Crippen molar-refractivity contribution in [1.29, 1.82) is 0 Å². The van der Waals surface area contributed by atoms with E-state index in [-0.39, 0.29) is 69.7 Å². The molecule has 0 aliphatic rings. The fourth-order valence-corrected chi connectivity index (χ4v) is 4.68. The number of nitrogens with zero attached hydrogens (tertiary/aromatic N) is 2. The minimum atomic E-state index is -0.914. The third-order valence-corrected chi connectivity index (χ3v) is 7.06. The Morgan fingerprint density at radius 1 is 0.846 bits per heavy atom. The van der Waals surface area contributed by atoms with Gasteiger partial charge in [-0.3, -0.25) is 43.5 Å². The van der Waals surface area contributed by atoms with E-state index < -0.39 is 48.3 Å². The third kappa shape index (κ3) is 19.1. The fraction of sp³-hybridized carbons (Fsp3) is 0.650. The van der Waals surface area contributed by atoms with Crippen LogP contribution in [0.4, 0.5) is 0 Å². The number of primary amides is 2. The van der Waals surface area contributed by atoms with E-state index in [4.69, 9.17) is 30.8 Å². The number of amides is 5. The molecule has 0 heterocycles. The van der Waals surface area contributed by atoms with Crippen LogP contribution in [0.3, 0.4) is 0 Å². The molecule has 16 nitrogen and oxygen atoms in total. The lowest BCUT2D eigenvalue weighted by molar-refractivity contribution is -0.137. The second kappa shape index (κ2) is 21.2. The number of hydrazine groups is 1. The van der Waals surface area contributed by atoms with Gasteiger partial charge in [0.05, 0.1) is 40.1 Å². The SMILES string of the molecule is [B]CC(=O)N(CC(N)=O)NCC(=O)CNC(=O)C(N)CSSCCC(=O)NCC(=O)CCN(CN)CC(N)=O. The maximum Gasteiger partial charge on any atom is 0.238 e. The highest BCUT2D eigenvalue weighted by molar-refractivity contribution is 8.76. The largest absolute Gasteiger partial charge is 0.369 e. The van der Waals surface area contributed by atoms with Gasteiger partial charge in [-0.05, 0) is 6.32 Å². The highest BCUT2D eigenvalue weighted by Crippen LogP contribution is 2.22. The minimum absolute atomic E-state index is 0.0523. The topological polar surface area (TPSA) is 266 Å². The van der Waals surface area contributed by atoms with Crippen molar-refractivity contribution in [2.24, 2.45) is 22.9 Å². The van der Waals surface area contributed by atoms with E-state index in [0.29, 0.717) is 5.75 Å². The summed E-state index contributed by atoms with van der Waals surface area (Å²) in [6.45, 7) is -1.04. The van der Waals surface area contributed by atoms with E-state index in [9.17, 15) is 33.6 Å². The Balaban J connectivity index is 4.05. The van der Waals surface area contributed by atoms with Gasteiger partial charge in [0.2, 0.25) is 29.5 Å². The molecule has 0 saturated carbocycles. The molecule has 5 amide bonds. The summed E-state index contributed by atoms with van der Waals surface area (Å²) in [5.74, 6) is -2.95. The third-order valence-electron chi connectivity index (χ3n) is 4.62. The number of carbonyl (C=O) groups excluding carboxylic acids is 7. The summed E-state index contributed by atoms with van der Waals surface area (Å²) in [5, 5.41) is 5.72. The van der Waals surface area contributed by atoms with E-state index in [1.165, 1.54) is 26.5 Å². The first-order chi connectivity index (χ1) is 18.4. The number of hydrogen-bond acceptors (Lipinski definition) is 13. The van der Waals surface area contributed by atoms with Crippen molar-refractivity contribution in [1.82, 2.24) is 26.0 Å². The van der Waals surface area contributed by atoms with Crippen molar-refractivity contribution >= 4 is 70.5 Å². The number of nitrogens with two attached hydrogens (primary N) is 4. The molecule has 1 atom stereocenters. The van der Waals surface area contributed by atoms with Crippen molar-refractivity contribution in [3.8, 4) is 0 Å². The maximum absolute atomic E-state index is 12.1. The van der Waals surface area contributed by atoms with Gasteiger partial charge in [0.25, 0.3) is 0 Å². The standard InChI is InChI=1S/C20H36BN9O7S2/c21-5-19(36)30(10-17(25)34)28-8-14(32)7-27-20(37)15(23)11-39-38-4-2-18(35)26-6-13(31)1-3-29(12-22)9-16(24)33/h15,28H,1-12,22-23H2,(H2,24,33)(H2,25,34)(H,26,35)(H,27,37). The number of rotatable bonds is 23. The normalized spacial score (nSPS) is 11.5. The first kappa shape index (κ1) is 36.3. The zero-order valence-electron chi connectivity index (χ0n) is 21.5. The predicted octanol–water partition coefficient (Wildman–Crippen LogP) is -5.05. The van der Waals surface area contributed by atoms with Gasteiger partial charge in [0.1, 0.15) is 6.54 Å². The van der Waals surface area contributed by atoms with Gasteiger partial charge in [-0.25, -0.2) is 5.43 Å². The molecule has 0 aromatic heterocycles. The van der Waals surface area contributed by atoms with E-state index in [1.54, 1.807) is 0 Å². The predicted molar refractivity (Wildman–Crippen MR) is 147 cm³/mol. The summed E-state index contributed by atoms with van der Waals surface area (Å²) in [7, 11) is 7.81. The van der Waals surface area contributed by atoms with Crippen molar-refractivity contribution in [3.63, 3.8) is 0 Å². The molecular formula is C20H36BN9O7S2. The summed E-state index contributed by atoms with van der Waals surface area (Å²) < 4.78 is 0. The van der Waals surface area contributed by atoms with Crippen LogP contribution < -0.4 is 39.0 Å². The molecule has 11 N–H and O–H groups in total. The highest BCUT2D eigenvalue weighted by atomic mass is 33.1. The van der Waals surface area contributed by atoms with Crippen LogP contribution in [-0.2, 0) is 33.6 Å². The quantitative estimate of drug-likeness (QED) is 0.0194. The van der Waals surface area contributed by atoms with E-state index in [0.717, 1.165) is 5.01 Å². The zero-order chi connectivity index (χ0) is 29.8. The van der Waals surface area contributed by atoms with Crippen molar-refractivity contribution in [2.75, 3.05) is 57.4 Å². The van der Waals surface area contributed by atoms with Crippen molar-refractivity contribution in [2.45, 2.75) is 25.2 Å². The molecule has 0 bridgehead atoms. The first-order valence-corrected chi connectivity index (χ1v) is 14.2. The molecule has 0 aromatic rings. The lowest BCUT2D eigenvalue weighted by Crippen LogP contribution is -2.50. The van der Waals surface area contributed by atoms with Crippen LogP contribution in [0.1, 0.15) is 12.8 Å². The first-order valence-electron chi connectivity index (χ1n) is 11.7. The molecule has 0 aliphatic heterocycles. The maximum atomic E-state index is 12.1. The van der Waals surface area contributed by atoms with Crippen molar-refractivity contribution in [3.05, 3.63) is 0 Å². The Hall–Kier alpha value is -2.71. The summed E-state index contributed by atoms with van der Waals surface area (Å²) >= 11 is 0. The summed E-state index contributed by atoms with van der Waals surface area (Å²) in [6.07, 6.45) is -0.140. The van der Waals surface area contributed by atoms with E-state index in [2.05, 4.69) is 16.1 Å². The highest BCUT2D eigenvalue weighted by Gasteiger charge is 2.17. The van der Waals surface area contributed by atoms with E-state index in [1.807, 2.05) is 0 Å². The Kier molecular flexibility index (Phi) is 19.7. The van der Waals surface area contributed by atoms with Gasteiger partial charge >= 0.3 is 0 Å². The summed E-state index contributed by atoms with van der Waals surface area (Å²) in [6, 6.07) is -0.914. The Morgan fingerprint density at radius 3 is 2.08 bits per heavy atom. The van der Waals surface area contributed by atoms with Crippen LogP contribution in [0.2, 0.25) is 6.32 Å². The van der Waals surface area contributed by atoms with Gasteiger partial charge in [-0.2, -0.15) is 0 Å². The molecule has 0 saturated heterocycles. The zero-order valence-corrected chi connectivity index (χ0v) is 23.2. The second-order valence-corrected chi connectivity index (χ2v) is 10.6. The van der Waals surface area contributed by atoms with Gasteiger partial charge in [-0.15, -0.1) is 0 Å². The molecule has 2 radical (unpaired) electrons. The molecule has 0 aliphatic carbocycles. The molecule has 218 valence electrons. The molecular weight excluding hydrogens is 553 g/mol. The van der Waals surface area contributed by atoms with Gasteiger partial charge in [0.15, 0.2) is 11.6 Å². The Labute approximate surface area is 235 Å². The van der Waals surface area contributed by atoms with Crippen molar-refractivity contribution < 1.29 is 33.6 Å². The van der Waals surface area contributed by atoms with Gasteiger partial charge in [0, 0.05) is 37.6 Å². The monoisotopic (exact) mass is 589 g/mol. The molecule has 1 unspecified atom stereocenters. The smallest absolute Gasteiger partial charge is 0.238 e. The lowest BCUT2D eigenvalue weighted by atomic mass is 10.0. The summed E-state index contributed by atoms with van der Waals surface area (Å²) in [5.41, 5.74) is 23.8. The molecule has 0 rings (SSSR count). The average Bonchev–Trinajstić information content (AvgIpc) is 2.89. The number of ketones is 2. The van der Waals surface area contributed by atoms with Gasteiger partial charge < -0.3 is 33.6 Å². The van der Waals surface area contributed by atoms with Crippen LogP contribution in [0.25, 0.3) is 0 Å². The van der Waals surface area contributed by atoms with Crippen LogP contribution in [-0.4, -0.2) is 122 Å². The number of Topliss-reactive ketones (excluding diaryl/α,β-unsaturated/α-hetero) is 2. The minimum Gasteiger partial charge on any atom is -0.369 e. The Bertz CT molecular complexity index is 869. The average molecular weight is 590 g/mol. The van der Waals surface area contributed by atoms with Crippen LogP contribution in [0.5, 0.6) is 0 Å². The Morgan fingerprint density at radius 2 is 1.49 bits per heavy atom. The number of nitrogens with one attached hydrogen (secondary N) is 3.